The lowest BCUT2D eigenvalue weighted by atomic mass is 10.2. The molecule has 2 fully saturated rings. The minimum Gasteiger partial charge on any atom is -0.367 e. The molecule has 4 aromatic rings. The van der Waals surface area contributed by atoms with Gasteiger partial charge in [-0.3, -0.25) is 9.36 Å². The first kappa shape index (κ1) is 21.1. The molecular formula is C24H23FN6O2S. The summed E-state index contributed by atoms with van der Waals surface area (Å²) in [5.41, 5.74) is 2.87. The predicted molar refractivity (Wildman–Crippen MR) is 131 cm³/mol. The quantitative estimate of drug-likeness (QED) is 0.460. The number of para-hydroxylation sites is 2. The van der Waals surface area contributed by atoms with Crippen molar-refractivity contribution in [2.24, 2.45) is 0 Å². The van der Waals surface area contributed by atoms with Gasteiger partial charge in [0.15, 0.2) is 5.13 Å². The van der Waals surface area contributed by atoms with Gasteiger partial charge >= 0.3 is 5.69 Å². The summed E-state index contributed by atoms with van der Waals surface area (Å²) < 4.78 is 17.4. The SMILES string of the molecule is O=C(Nc1cc(F)ccc1N1CCNCC1)c1csc(-n2c(=O)n(C3CC3)c3ccccc32)n1. The Morgan fingerprint density at radius 2 is 1.88 bits per heavy atom. The Labute approximate surface area is 198 Å². The van der Waals surface area contributed by atoms with Gasteiger partial charge in [-0.2, -0.15) is 0 Å². The van der Waals surface area contributed by atoms with Crippen molar-refractivity contribution in [1.29, 1.82) is 0 Å². The highest BCUT2D eigenvalue weighted by atomic mass is 32.1. The van der Waals surface area contributed by atoms with Crippen LogP contribution in [0.4, 0.5) is 15.8 Å². The molecule has 3 heterocycles. The van der Waals surface area contributed by atoms with Crippen molar-refractivity contribution in [3.8, 4) is 5.13 Å². The van der Waals surface area contributed by atoms with Crippen molar-refractivity contribution >= 4 is 39.7 Å². The number of rotatable bonds is 5. The Balaban J connectivity index is 1.32. The Bertz CT molecular complexity index is 1450. The van der Waals surface area contributed by atoms with E-state index in [1.54, 1.807) is 16.0 Å². The molecule has 8 nitrogen and oxygen atoms in total. The van der Waals surface area contributed by atoms with E-state index >= 15 is 0 Å². The molecule has 1 saturated carbocycles. The highest BCUT2D eigenvalue weighted by Crippen LogP contribution is 2.36. The van der Waals surface area contributed by atoms with Crippen LogP contribution < -0.4 is 21.2 Å². The average Bonchev–Trinajstić information content (AvgIpc) is 3.47. The number of nitrogens with one attached hydrogen (secondary N) is 2. The van der Waals surface area contributed by atoms with Crippen LogP contribution in [-0.2, 0) is 0 Å². The minimum absolute atomic E-state index is 0.142. The standard InChI is InChI=1S/C24H23FN6O2S/c25-15-5-8-19(29-11-9-26-10-12-29)17(13-15)27-22(32)18-14-34-23(28-18)31-21-4-2-1-3-20(21)30(24(31)33)16-6-7-16/h1-5,8,13-14,16,26H,6-7,9-12H2,(H,27,32). The van der Waals surface area contributed by atoms with Crippen molar-refractivity contribution in [1.82, 2.24) is 19.4 Å². The van der Waals surface area contributed by atoms with E-state index in [2.05, 4.69) is 20.5 Å². The maximum atomic E-state index is 14.0. The molecule has 0 spiro atoms. The Kier molecular flexibility index (Phi) is 5.19. The topological polar surface area (TPSA) is 84.2 Å². The zero-order valence-corrected chi connectivity index (χ0v) is 19.1. The molecule has 1 aliphatic heterocycles. The summed E-state index contributed by atoms with van der Waals surface area (Å²) in [6.45, 7) is 3.18. The summed E-state index contributed by atoms with van der Waals surface area (Å²) in [5, 5.41) is 8.18. The maximum absolute atomic E-state index is 14.0. The van der Waals surface area contributed by atoms with Gasteiger partial charge in [0, 0.05) is 37.6 Å². The largest absolute Gasteiger partial charge is 0.367 e. The molecule has 1 amide bonds. The summed E-state index contributed by atoms with van der Waals surface area (Å²) in [4.78, 5) is 32.9. The van der Waals surface area contributed by atoms with Gasteiger partial charge in [0.2, 0.25) is 0 Å². The number of hydrogen-bond donors (Lipinski definition) is 2. The van der Waals surface area contributed by atoms with Gasteiger partial charge in [0.25, 0.3) is 5.91 Å². The number of amides is 1. The van der Waals surface area contributed by atoms with E-state index in [0.717, 1.165) is 55.7 Å². The monoisotopic (exact) mass is 478 g/mol. The molecule has 34 heavy (non-hydrogen) atoms. The second kappa shape index (κ2) is 8.37. The zero-order chi connectivity index (χ0) is 23.2. The first-order valence-electron chi connectivity index (χ1n) is 11.3. The number of fused-ring (bicyclic) bond motifs is 1. The Morgan fingerprint density at radius 3 is 2.65 bits per heavy atom. The number of anilines is 2. The van der Waals surface area contributed by atoms with E-state index in [9.17, 15) is 14.0 Å². The fraction of sp³-hybridized carbons (Fsp3) is 0.292. The highest BCUT2D eigenvalue weighted by Gasteiger charge is 2.30. The Hall–Kier alpha value is -3.50. The molecule has 6 rings (SSSR count). The number of piperazine rings is 1. The van der Waals surface area contributed by atoms with Crippen molar-refractivity contribution in [3.05, 3.63) is 69.8 Å². The smallest absolute Gasteiger partial charge is 0.335 e. The molecule has 2 aromatic carbocycles. The molecule has 1 saturated heterocycles. The molecule has 0 bridgehead atoms. The van der Waals surface area contributed by atoms with Crippen LogP contribution in [0.2, 0.25) is 0 Å². The molecule has 0 atom stereocenters. The highest BCUT2D eigenvalue weighted by molar-refractivity contribution is 7.12. The molecule has 2 aliphatic rings. The molecule has 174 valence electrons. The third-order valence-corrected chi connectivity index (χ3v) is 7.10. The van der Waals surface area contributed by atoms with E-state index in [1.807, 2.05) is 28.8 Å². The molecule has 2 aromatic heterocycles. The van der Waals surface area contributed by atoms with Crippen LogP contribution in [0.5, 0.6) is 0 Å². The van der Waals surface area contributed by atoms with Crippen molar-refractivity contribution in [3.63, 3.8) is 0 Å². The molecule has 0 radical (unpaired) electrons. The van der Waals surface area contributed by atoms with Gasteiger partial charge in [-0.25, -0.2) is 18.7 Å². The van der Waals surface area contributed by atoms with Gasteiger partial charge in [0.1, 0.15) is 11.5 Å². The third-order valence-electron chi connectivity index (χ3n) is 6.27. The predicted octanol–water partition coefficient (Wildman–Crippen LogP) is 3.38. The summed E-state index contributed by atoms with van der Waals surface area (Å²) >= 11 is 1.24. The number of imidazole rings is 1. The summed E-state index contributed by atoms with van der Waals surface area (Å²) in [7, 11) is 0. The van der Waals surface area contributed by atoms with Gasteiger partial charge in [-0.15, -0.1) is 11.3 Å². The second-order valence-electron chi connectivity index (χ2n) is 8.58. The van der Waals surface area contributed by atoms with Crippen LogP contribution in [0.15, 0.2) is 52.6 Å². The summed E-state index contributed by atoms with van der Waals surface area (Å²) in [6, 6.07) is 12.3. The number of thiazole rings is 1. The van der Waals surface area contributed by atoms with Crippen LogP contribution in [-0.4, -0.2) is 46.2 Å². The van der Waals surface area contributed by atoms with E-state index in [0.29, 0.717) is 10.8 Å². The maximum Gasteiger partial charge on any atom is 0.335 e. The third kappa shape index (κ3) is 3.68. The fourth-order valence-electron chi connectivity index (χ4n) is 4.49. The lowest BCUT2D eigenvalue weighted by Gasteiger charge is -2.31. The van der Waals surface area contributed by atoms with Gasteiger partial charge in [0.05, 0.1) is 22.4 Å². The fourth-order valence-corrected chi connectivity index (χ4v) is 5.30. The Morgan fingerprint density at radius 1 is 1.12 bits per heavy atom. The first-order valence-corrected chi connectivity index (χ1v) is 12.2. The number of nitrogens with zero attached hydrogens (tertiary/aromatic N) is 4. The van der Waals surface area contributed by atoms with Crippen LogP contribution in [0.1, 0.15) is 29.4 Å². The summed E-state index contributed by atoms with van der Waals surface area (Å²) in [6.07, 6.45) is 1.98. The number of hydrogen-bond acceptors (Lipinski definition) is 6. The molecular weight excluding hydrogens is 455 g/mol. The van der Waals surface area contributed by atoms with Crippen LogP contribution in [0, 0.1) is 5.82 Å². The number of halogens is 1. The van der Waals surface area contributed by atoms with Gasteiger partial charge < -0.3 is 15.5 Å². The van der Waals surface area contributed by atoms with Gasteiger partial charge in [-0.1, -0.05) is 12.1 Å². The number of aromatic nitrogens is 3. The van der Waals surface area contributed by atoms with Crippen molar-refractivity contribution < 1.29 is 9.18 Å². The van der Waals surface area contributed by atoms with E-state index in [4.69, 9.17) is 0 Å². The van der Waals surface area contributed by atoms with Crippen molar-refractivity contribution in [2.75, 3.05) is 36.4 Å². The second-order valence-corrected chi connectivity index (χ2v) is 9.41. The minimum atomic E-state index is -0.441. The average molecular weight is 479 g/mol. The zero-order valence-electron chi connectivity index (χ0n) is 18.3. The number of carbonyl (C=O) groups is 1. The molecule has 2 N–H and O–H groups in total. The molecule has 0 unspecified atom stereocenters. The normalized spacial score (nSPS) is 16.2. The number of carbonyl (C=O) groups excluding carboxylic acids is 1. The van der Waals surface area contributed by atoms with Gasteiger partial charge in [-0.05, 0) is 43.2 Å². The van der Waals surface area contributed by atoms with Crippen LogP contribution in [0.25, 0.3) is 16.2 Å². The van der Waals surface area contributed by atoms with Crippen LogP contribution in [0.3, 0.4) is 0 Å². The summed E-state index contributed by atoms with van der Waals surface area (Å²) in [5.74, 6) is -0.865. The lowest BCUT2D eigenvalue weighted by Crippen LogP contribution is -2.43. The lowest BCUT2D eigenvalue weighted by molar-refractivity contribution is 0.102. The first-order chi connectivity index (χ1) is 16.6. The number of benzene rings is 2. The van der Waals surface area contributed by atoms with E-state index in [-0.39, 0.29) is 17.4 Å². The van der Waals surface area contributed by atoms with E-state index in [1.165, 1.54) is 23.5 Å². The van der Waals surface area contributed by atoms with Crippen LogP contribution >= 0.6 is 11.3 Å². The molecule has 10 heteroatoms. The van der Waals surface area contributed by atoms with E-state index < -0.39 is 11.7 Å². The molecule has 1 aliphatic carbocycles. The van der Waals surface area contributed by atoms with Crippen molar-refractivity contribution in [2.45, 2.75) is 18.9 Å².